The first-order chi connectivity index (χ1) is 9.98. The molecule has 112 valence electrons. The van der Waals surface area contributed by atoms with Crippen LogP contribution in [-0.2, 0) is 5.54 Å². The van der Waals surface area contributed by atoms with Crippen molar-refractivity contribution in [2.45, 2.75) is 38.1 Å². The summed E-state index contributed by atoms with van der Waals surface area (Å²) in [6.45, 7) is 2.24. The summed E-state index contributed by atoms with van der Waals surface area (Å²) in [4.78, 5) is 4.47. The van der Waals surface area contributed by atoms with Crippen LogP contribution in [0.5, 0.6) is 0 Å². The standard InChI is InChI=1S/C15H17Cl2N3O/c1-9-4-6-15(18,7-5-9)14-19-13(20-21-14)10-2-3-11(16)12(17)8-10/h2-3,8-9H,4-7,18H2,1H3. The molecule has 0 amide bonds. The number of hydrogen-bond donors (Lipinski definition) is 1. The van der Waals surface area contributed by atoms with Gasteiger partial charge in [0.05, 0.1) is 15.6 Å². The van der Waals surface area contributed by atoms with Crippen molar-refractivity contribution in [2.75, 3.05) is 0 Å². The molecule has 0 radical (unpaired) electrons. The molecule has 1 aromatic heterocycles. The number of aromatic nitrogens is 2. The number of halogens is 2. The maximum atomic E-state index is 6.44. The Morgan fingerprint density at radius 3 is 2.62 bits per heavy atom. The Hall–Kier alpha value is -1.10. The topological polar surface area (TPSA) is 64.9 Å². The number of benzene rings is 1. The Labute approximate surface area is 133 Å². The van der Waals surface area contributed by atoms with E-state index in [4.69, 9.17) is 33.5 Å². The van der Waals surface area contributed by atoms with Crippen molar-refractivity contribution >= 4 is 23.2 Å². The van der Waals surface area contributed by atoms with E-state index in [1.165, 1.54) is 0 Å². The lowest BCUT2D eigenvalue weighted by Gasteiger charge is -2.32. The van der Waals surface area contributed by atoms with Crippen molar-refractivity contribution in [2.24, 2.45) is 11.7 Å². The minimum atomic E-state index is -0.506. The average Bonchev–Trinajstić information content (AvgIpc) is 2.96. The summed E-state index contributed by atoms with van der Waals surface area (Å²) in [7, 11) is 0. The minimum Gasteiger partial charge on any atom is -0.337 e. The molecule has 2 N–H and O–H groups in total. The van der Waals surface area contributed by atoms with Gasteiger partial charge in [0, 0.05) is 5.56 Å². The van der Waals surface area contributed by atoms with E-state index in [1.807, 2.05) is 6.07 Å². The number of rotatable bonds is 2. The highest BCUT2D eigenvalue weighted by Gasteiger charge is 2.37. The molecule has 0 unspecified atom stereocenters. The normalized spacial score (nSPS) is 26.0. The summed E-state index contributed by atoms with van der Waals surface area (Å²) >= 11 is 11.9. The minimum absolute atomic E-state index is 0.467. The summed E-state index contributed by atoms with van der Waals surface area (Å²) in [5, 5.41) is 5.00. The molecular formula is C15H17Cl2N3O. The van der Waals surface area contributed by atoms with Gasteiger partial charge in [0.2, 0.25) is 11.7 Å². The van der Waals surface area contributed by atoms with E-state index in [9.17, 15) is 0 Å². The van der Waals surface area contributed by atoms with Gasteiger partial charge in [0.25, 0.3) is 0 Å². The van der Waals surface area contributed by atoms with Crippen LogP contribution in [0.25, 0.3) is 11.4 Å². The SMILES string of the molecule is CC1CCC(N)(c2nc(-c3ccc(Cl)c(Cl)c3)no2)CC1. The predicted octanol–water partition coefficient (Wildman–Crippen LogP) is 4.41. The molecule has 1 aliphatic carbocycles. The van der Waals surface area contributed by atoms with Crippen LogP contribution in [0.3, 0.4) is 0 Å². The fourth-order valence-electron chi connectivity index (χ4n) is 2.67. The Kier molecular flexibility index (Phi) is 3.95. The van der Waals surface area contributed by atoms with Crippen LogP contribution in [0.2, 0.25) is 10.0 Å². The Balaban J connectivity index is 1.87. The van der Waals surface area contributed by atoms with E-state index < -0.39 is 5.54 Å². The Morgan fingerprint density at radius 2 is 1.95 bits per heavy atom. The maximum Gasteiger partial charge on any atom is 0.247 e. The molecule has 6 heteroatoms. The molecule has 3 rings (SSSR count). The highest BCUT2D eigenvalue weighted by atomic mass is 35.5. The van der Waals surface area contributed by atoms with Crippen molar-refractivity contribution in [3.05, 3.63) is 34.1 Å². The lowest BCUT2D eigenvalue weighted by molar-refractivity contribution is 0.190. The summed E-state index contributed by atoms with van der Waals surface area (Å²) in [6.07, 6.45) is 3.91. The van der Waals surface area contributed by atoms with Gasteiger partial charge in [-0.05, 0) is 49.8 Å². The largest absolute Gasteiger partial charge is 0.337 e. The summed E-state index contributed by atoms with van der Waals surface area (Å²) in [5.41, 5.74) is 6.71. The smallest absolute Gasteiger partial charge is 0.247 e. The third kappa shape index (κ3) is 2.93. The van der Waals surface area contributed by atoms with Crippen LogP contribution in [-0.4, -0.2) is 10.1 Å². The number of nitrogens with zero attached hydrogens (tertiary/aromatic N) is 2. The van der Waals surface area contributed by atoms with E-state index in [1.54, 1.807) is 12.1 Å². The fraction of sp³-hybridized carbons (Fsp3) is 0.467. The van der Waals surface area contributed by atoms with Crippen molar-refractivity contribution in [1.82, 2.24) is 10.1 Å². The summed E-state index contributed by atoms with van der Waals surface area (Å²) in [5.74, 6) is 1.71. The molecular weight excluding hydrogens is 309 g/mol. The molecule has 1 heterocycles. The van der Waals surface area contributed by atoms with Gasteiger partial charge in [-0.1, -0.05) is 35.3 Å². The van der Waals surface area contributed by atoms with Crippen molar-refractivity contribution < 1.29 is 4.52 Å². The van der Waals surface area contributed by atoms with Crippen LogP contribution in [0.4, 0.5) is 0 Å². The maximum absolute atomic E-state index is 6.44. The summed E-state index contributed by atoms with van der Waals surface area (Å²) < 4.78 is 5.40. The Bertz CT molecular complexity index is 648. The van der Waals surface area contributed by atoms with Crippen LogP contribution < -0.4 is 5.73 Å². The molecule has 0 atom stereocenters. The summed E-state index contributed by atoms with van der Waals surface area (Å²) in [6, 6.07) is 5.26. The van der Waals surface area contributed by atoms with Gasteiger partial charge in [0.15, 0.2) is 0 Å². The van der Waals surface area contributed by atoms with E-state index in [0.717, 1.165) is 31.2 Å². The predicted molar refractivity (Wildman–Crippen MR) is 83.3 cm³/mol. The molecule has 1 aromatic carbocycles. The molecule has 0 bridgehead atoms. The zero-order valence-electron chi connectivity index (χ0n) is 11.8. The average molecular weight is 326 g/mol. The lowest BCUT2D eigenvalue weighted by Crippen LogP contribution is -2.40. The molecule has 2 aromatic rings. The molecule has 1 fully saturated rings. The van der Waals surface area contributed by atoms with Gasteiger partial charge in [-0.15, -0.1) is 0 Å². The molecule has 0 spiro atoms. The van der Waals surface area contributed by atoms with Crippen LogP contribution in [0, 0.1) is 5.92 Å². The lowest BCUT2D eigenvalue weighted by atomic mass is 9.78. The third-order valence-electron chi connectivity index (χ3n) is 4.20. The second-order valence-electron chi connectivity index (χ2n) is 5.89. The zero-order chi connectivity index (χ0) is 15.0. The highest BCUT2D eigenvalue weighted by molar-refractivity contribution is 6.42. The molecule has 1 saturated carbocycles. The van der Waals surface area contributed by atoms with Crippen LogP contribution in [0.15, 0.2) is 22.7 Å². The van der Waals surface area contributed by atoms with Crippen molar-refractivity contribution in [3.8, 4) is 11.4 Å². The van der Waals surface area contributed by atoms with Crippen LogP contribution >= 0.6 is 23.2 Å². The van der Waals surface area contributed by atoms with Gasteiger partial charge < -0.3 is 10.3 Å². The molecule has 1 aliphatic rings. The number of nitrogens with two attached hydrogens (primary N) is 1. The zero-order valence-corrected chi connectivity index (χ0v) is 13.3. The third-order valence-corrected chi connectivity index (χ3v) is 4.94. The van der Waals surface area contributed by atoms with E-state index >= 15 is 0 Å². The van der Waals surface area contributed by atoms with Gasteiger partial charge >= 0.3 is 0 Å². The molecule has 21 heavy (non-hydrogen) atoms. The molecule has 0 aliphatic heterocycles. The number of hydrogen-bond acceptors (Lipinski definition) is 4. The van der Waals surface area contributed by atoms with E-state index in [-0.39, 0.29) is 0 Å². The fourth-order valence-corrected chi connectivity index (χ4v) is 2.97. The first-order valence-corrected chi connectivity index (χ1v) is 7.82. The van der Waals surface area contributed by atoms with Crippen molar-refractivity contribution in [1.29, 1.82) is 0 Å². The van der Waals surface area contributed by atoms with Crippen LogP contribution in [0.1, 0.15) is 38.5 Å². The Morgan fingerprint density at radius 1 is 1.24 bits per heavy atom. The second-order valence-corrected chi connectivity index (χ2v) is 6.71. The quantitative estimate of drug-likeness (QED) is 0.888. The first-order valence-electron chi connectivity index (χ1n) is 7.06. The van der Waals surface area contributed by atoms with Gasteiger partial charge in [-0.3, -0.25) is 0 Å². The molecule has 4 nitrogen and oxygen atoms in total. The van der Waals surface area contributed by atoms with Crippen molar-refractivity contribution in [3.63, 3.8) is 0 Å². The van der Waals surface area contributed by atoms with Gasteiger partial charge in [-0.2, -0.15) is 4.98 Å². The first kappa shape index (κ1) is 14.8. The van der Waals surface area contributed by atoms with Gasteiger partial charge in [0.1, 0.15) is 0 Å². The molecule has 0 saturated heterocycles. The van der Waals surface area contributed by atoms with E-state index in [2.05, 4.69) is 17.1 Å². The van der Waals surface area contributed by atoms with E-state index in [0.29, 0.717) is 27.7 Å². The monoisotopic (exact) mass is 325 g/mol. The second kappa shape index (κ2) is 5.59. The van der Waals surface area contributed by atoms with Gasteiger partial charge in [-0.25, -0.2) is 0 Å². The highest BCUT2D eigenvalue weighted by Crippen LogP contribution is 2.37.